The lowest BCUT2D eigenvalue weighted by Gasteiger charge is -2.43. The van der Waals surface area contributed by atoms with Gasteiger partial charge in [-0.05, 0) is 31.9 Å². The zero-order valence-corrected chi connectivity index (χ0v) is 12.5. The maximum atomic E-state index is 5.06. The van der Waals surface area contributed by atoms with Crippen LogP contribution in [0.5, 0.6) is 5.88 Å². The van der Waals surface area contributed by atoms with Gasteiger partial charge >= 0.3 is 0 Å². The zero-order chi connectivity index (χ0) is 13.9. The van der Waals surface area contributed by atoms with Crippen LogP contribution in [0.15, 0.2) is 12.1 Å². The predicted molar refractivity (Wildman–Crippen MR) is 77.7 cm³/mol. The minimum Gasteiger partial charge on any atom is -0.480 e. The number of methoxy groups -OCH3 is 1. The van der Waals surface area contributed by atoms with Gasteiger partial charge in [0.2, 0.25) is 5.88 Å². The first kappa shape index (κ1) is 13.8. The minimum atomic E-state index is 0.585. The molecular formula is C15H24N4O. The number of fused-ring (bicyclic) bond motifs is 1. The molecule has 1 aromatic rings. The van der Waals surface area contributed by atoms with E-state index in [-0.39, 0.29) is 0 Å². The molecule has 0 aliphatic carbocycles. The second-order valence-corrected chi connectivity index (χ2v) is 5.85. The van der Waals surface area contributed by atoms with Gasteiger partial charge in [-0.2, -0.15) is 5.10 Å². The average molecular weight is 276 g/mol. The van der Waals surface area contributed by atoms with E-state index in [2.05, 4.69) is 26.9 Å². The minimum absolute atomic E-state index is 0.585. The van der Waals surface area contributed by atoms with Crippen molar-refractivity contribution in [2.24, 2.45) is 0 Å². The average Bonchev–Trinajstić information content (AvgIpc) is 2.94. The third kappa shape index (κ3) is 2.79. The van der Waals surface area contributed by atoms with E-state index in [0.717, 1.165) is 18.3 Å². The first-order valence-electron chi connectivity index (χ1n) is 7.65. The van der Waals surface area contributed by atoms with Crippen LogP contribution in [-0.2, 0) is 6.54 Å². The molecule has 3 heterocycles. The van der Waals surface area contributed by atoms with Crippen LogP contribution in [0.1, 0.15) is 31.9 Å². The molecule has 0 aromatic carbocycles. The van der Waals surface area contributed by atoms with E-state index in [1.165, 1.54) is 38.9 Å². The lowest BCUT2D eigenvalue weighted by molar-refractivity contribution is 0.0427. The van der Waals surface area contributed by atoms with Crippen molar-refractivity contribution in [1.82, 2.24) is 20.0 Å². The Morgan fingerprint density at radius 1 is 1.30 bits per heavy atom. The van der Waals surface area contributed by atoms with Crippen molar-refractivity contribution in [1.29, 1.82) is 0 Å². The van der Waals surface area contributed by atoms with Crippen molar-refractivity contribution < 1.29 is 4.74 Å². The Kier molecular flexibility index (Phi) is 4.17. The Hall–Kier alpha value is -1.20. The van der Waals surface area contributed by atoms with Crippen LogP contribution in [0.25, 0.3) is 0 Å². The van der Waals surface area contributed by atoms with E-state index in [1.54, 1.807) is 7.11 Å². The molecule has 0 spiro atoms. The molecule has 0 amide bonds. The predicted octanol–water partition coefficient (Wildman–Crippen LogP) is 1.54. The van der Waals surface area contributed by atoms with E-state index < -0.39 is 0 Å². The zero-order valence-electron chi connectivity index (χ0n) is 12.5. The number of hydrogen-bond acceptors (Lipinski definition) is 5. The second-order valence-electron chi connectivity index (χ2n) is 5.85. The molecule has 2 saturated heterocycles. The Bertz CT molecular complexity index is 436. The molecule has 0 radical (unpaired) electrons. The topological polar surface area (TPSA) is 41.5 Å². The summed E-state index contributed by atoms with van der Waals surface area (Å²) in [4.78, 5) is 5.26. The highest BCUT2D eigenvalue weighted by atomic mass is 16.5. The van der Waals surface area contributed by atoms with E-state index in [9.17, 15) is 0 Å². The van der Waals surface area contributed by atoms with Crippen molar-refractivity contribution in [3.05, 3.63) is 17.8 Å². The lowest BCUT2D eigenvalue weighted by atomic mass is 10.0. The molecule has 0 saturated carbocycles. The van der Waals surface area contributed by atoms with Gasteiger partial charge in [0.05, 0.1) is 12.8 Å². The van der Waals surface area contributed by atoms with Gasteiger partial charge in [0.25, 0.3) is 0 Å². The van der Waals surface area contributed by atoms with Gasteiger partial charge in [-0.25, -0.2) is 0 Å². The van der Waals surface area contributed by atoms with Gasteiger partial charge in [0, 0.05) is 37.8 Å². The SMILES string of the molecule is CC[C@@H]1CN2CCC[C@@H]2CN1Cc1ccc(OC)nn1. The third-order valence-electron chi connectivity index (χ3n) is 4.65. The first-order valence-corrected chi connectivity index (χ1v) is 7.65. The number of piperazine rings is 1. The molecule has 2 atom stereocenters. The number of rotatable bonds is 4. The number of ether oxygens (including phenoxy) is 1. The van der Waals surface area contributed by atoms with Crippen molar-refractivity contribution >= 4 is 0 Å². The maximum absolute atomic E-state index is 5.06. The van der Waals surface area contributed by atoms with Crippen LogP contribution in [0.3, 0.4) is 0 Å². The molecule has 20 heavy (non-hydrogen) atoms. The van der Waals surface area contributed by atoms with Crippen LogP contribution in [0.4, 0.5) is 0 Å². The fourth-order valence-electron chi connectivity index (χ4n) is 3.48. The molecule has 1 aromatic heterocycles. The van der Waals surface area contributed by atoms with E-state index in [0.29, 0.717) is 11.9 Å². The number of nitrogens with zero attached hydrogens (tertiary/aromatic N) is 4. The highest BCUT2D eigenvalue weighted by Crippen LogP contribution is 2.26. The Morgan fingerprint density at radius 3 is 2.90 bits per heavy atom. The van der Waals surface area contributed by atoms with Crippen LogP contribution in [0, 0.1) is 0 Å². The van der Waals surface area contributed by atoms with Gasteiger partial charge in [-0.15, -0.1) is 5.10 Å². The lowest BCUT2D eigenvalue weighted by Crippen LogP contribution is -2.55. The van der Waals surface area contributed by atoms with Crippen LogP contribution in [-0.4, -0.2) is 58.8 Å². The summed E-state index contributed by atoms with van der Waals surface area (Å²) in [6.07, 6.45) is 3.91. The van der Waals surface area contributed by atoms with Gasteiger partial charge in [0.15, 0.2) is 0 Å². The Labute approximate surface area is 120 Å². The highest BCUT2D eigenvalue weighted by Gasteiger charge is 2.35. The van der Waals surface area contributed by atoms with Gasteiger partial charge < -0.3 is 4.74 Å². The summed E-state index contributed by atoms with van der Waals surface area (Å²) in [5.41, 5.74) is 1.04. The Balaban J connectivity index is 1.67. The van der Waals surface area contributed by atoms with Gasteiger partial charge in [-0.1, -0.05) is 6.92 Å². The standard InChI is InChI=1S/C15H24N4O/c1-3-13-10-18-8-4-5-14(18)11-19(13)9-12-6-7-15(20-2)17-16-12/h6-7,13-14H,3-5,8-11H2,1-2H3/t13-,14-/m1/s1. The van der Waals surface area contributed by atoms with E-state index >= 15 is 0 Å². The fourth-order valence-corrected chi connectivity index (χ4v) is 3.48. The molecule has 5 nitrogen and oxygen atoms in total. The van der Waals surface area contributed by atoms with Crippen molar-refractivity contribution in [2.75, 3.05) is 26.7 Å². The summed E-state index contributed by atoms with van der Waals surface area (Å²) in [7, 11) is 1.62. The maximum Gasteiger partial charge on any atom is 0.233 e. The molecule has 0 N–H and O–H groups in total. The normalized spacial score (nSPS) is 27.5. The molecule has 0 unspecified atom stereocenters. The molecular weight excluding hydrogens is 252 g/mol. The molecule has 2 aliphatic heterocycles. The molecule has 2 aliphatic rings. The van der Waals surface area contributed by atoms with Crippen LogP contribution < -0.4 is 4.74 Å². The molecule has 110 valence electrons. The quantitative estimate of drug-likeness (QED) is 0.834. The fraction of sp³-hybridized carbons (Fsp3) is 0.733. The Morgan fingerprint density at radius 2 is 2.20 bits per heavy atom. The van der Waals surface area contributed by atoms with Crippen molar-refractivity contribution in [2.45, 2.75) is 44.8 Å². The van der Waals surface area contributed by atoms with E-state index in [1.807, 2.05) is 12.1 Å². The number of aromatic nitrogens is 2. The summed E-state index contributed by atoms with van der Waals surface area (Å²) in [5.74, 6) is 0.585. The van der Waals surface area contributed by atoms with Gasteiger partial charge in [0.1, 0.15) is 0 Å². The third-order valence-corrected chi connectivity index (χ3v) is 4.65. The summed E-state index contributed by atoms with van der Waals surface area (Å²) in [6, 6.07) is 5.33. The van der Waals surface area contributed by atoms with Gasteiger partial charge in [-0.3, -0.25) is 9.80 Å². The second kappa shape index (κ2) is 6.06. The van der Waals surface area contributed by atoms with Crippen molar-refractivity contribution in [3.8, 4) is 5.88 Å². The largest absolute Gasteiger partial charge is 0.480 e. The smallest absolute Gasteiger partial charge is 0.233 e. The summed E-state index contributed by atoms with van der Waals surface area (Å²) < 4.78 is 5.06. The summed E-state index contributed by atoms with van der Waals surface area (Å²) in [6.45, 7) is 6.86. The summed E-state index contributed by atoms with van der Waals surface area (Å²) in [5, 5.41) is 8.34. The molecule has 2 fully saturated rings. The first-order chi connectivity index (χ1) is 9.80. The molecule has 5 heteroatoms. The highest BCUT2D eigenvalue weighted by molar-refractivity contribution is 5.11. The molecule has 0 bridgehead atoms. The van der Waals surface area contributed by atoms with Crippen LogP contribution >= 0.6 is 0 Å². The summed E-state index contributed by atoms with van der Waals surface area (Å²) >= 11 is 0. The molecule has 3 rings (SSSR count). The van der Waals surface area contributed by atoms with Crippen molar-refractivity contribution in [3.63, 3.8) is 0 Å². The number of hydrogen-bond donors (Lipinski definition) is 0. The monoisotopic (exact) mass is 276 g/mol. The van der Waals surface area contributed by atoms with Crippen LogP contribution in [0.2, 0.25) is 0 Å². The van der Waals surface area contributed by atoms with E-state index in [4.69, 9.17) is 4.74 Å².